The highest BCUT2D eigenvalue weighted by Crippen LogP contribution is 2.13. The highest BCUT2D eigenvalue weighted by Gasteiger charge is 2.14. The molecule has 7 nitrogen and oxygen atoms in total. The van der Waals surface area contributed by atoms with E-state index >= 15 is 0 Å². The average Bonchev–Trinajstić information content (AvgIpc) is 2.75. The van der Waals surface area contributed by atoms with Gasteiger partial charge in [-0.2, -0.15) is 5.26 Å². The second kappa shape index (κ2) is 11.9. The van der Waals surface area contributed by atoms with Crippen LogP contribution in [0.2, 0.25) is 0 Å². The van der Waals surface area contributed by atoms with Crippen molar-refractivity contribution in [3.8, 4) is 11.8 Å². The van der Waals surface area contributed by atoms with Crippen LogP contribution in [0, 0.1) is 11.3 Å². The van der Waals surface area contributed by atoms with Gasteiger partial charge in [-0.1, -0.05) is 18.2 Å². The van der Waals surface area contributed by atoms with Gasteiger partial charge >= 0.3 is 5.97 Å². The molecule has 0 saturated heterocycles. The molecule has 0 N–H and O–H groups in total. The van der Waals surface area contributed by atoms with Gasteiger partial charge in [0.25, 0.3) is 0 Å². The summed E-state index contributed by atoms with van der Waals surface area (Å²) >= 11 is 0. The highest BCUT2D eigenvalue weighted by molar-refractivity contribution is 5.92. The summed E-state index contributed by atoms with van der Waals surface area (Å²) in [5, 5.41) is 8.53. The minimum Gasteiger partial charge on any atom is -0.479 e. The molecular formula is C22H23N3O4. The predicted octanol–water partition coefficient (Wildman–Crippen LogP) is 2.98. The van der Waals surface area contributed by atoms with Crippen LogP contribution in [0.4, 0.5) is 0 Å². The third-order valence-corrected chi connectivity index (χ3v) is 3.90. The molecule has 2 aromatic rings. The molecule has 0 aliphatic carbocycles. The summed E-state index contributed by atoms with van der Waals surface area (Å²) in [6.07, 6.45) is 6.63. The molecule has 1 aromatic heterocycles. The average molecular weight is 393 g/mol. The molecule has 0 saturated carbocycles. The molecule has 0 aliphatic rings. The lowest BCUT2D eigenvalue weighted by Gasteiger charge is -2.21. The largest absolute Gasteiger partial charge is 0.479 e. The van der Waals surface area contributed by atoms with Gasteiger partial charge in [0.15, 0.2) is 6.61 Å². The maximum Gasteiger partial charge on any atom is 0.307 e. The molecule has 1 amide bonds. The van der Waals surface area contributed by atoms with Crippen molar-refractivity contribution in [2.75, 3.05) is 19.8 Å². The molecule has 150 valence electrons. The monoisotopic (exact) mass is 393 g/mol. The Balaban J connectivity index is 2.03. The zero-order valence-electron chi connectivity index (χ0n) is 16.3. The summed E-state index contributed by atoms with van der Waals surface area (Å²) in [6, 6.07) is 12.6. The van der Waals surface area contributed by atoms with E-state index in [-0.39, 0.29) is 31.4 Å². The number of carbonyl (C=O) groups is 2. The third-order valence-electron chi connectivity index (χ3n) is 3.90. The fourth-order valence-corrected chi connectivity index (χ4v) is 2.50. The second-order valence-electron chi connectivity index (χ2n) is 6.03. The van der Waals surface area contributed by atoms with Gasteiger partial charge in [-0.25, -0.2) is 0 Å². The van der Waals surface area contributed by atoms with Gasteiger partial charge in [0.05, 0.1) is 13.0 Å². The van der Waals surface area contributed by atoms with Crippen molar-refractivity contribution in [1.29, 1.82) is 5.26 Å². The van der Waals surface area contributed by atoms with E-state index in [0.29, 0.717) is 18.9 Å². The Morgan fingerprint density at radius 1 is 1.24 bits per heavy atom. The summed E-state index contributed by atoms with van der Waals surface area (Å²) in [5.74, 6) is 0.0269. The van der Waals surface area contributed by atoms with Crippen molar-refractivity contribution in [3.05, 3.63) is 66.0 Å². The Morgan fingerprint density at radius 3 is 2.69 bits per heavy atom. The smallest absolute Gasteiger partial charge is 0.307 e. The van der Waals surface area contributed by atoms with Crippen LogP contribution in [0.5, 0.6) is 5.75 Å². The first-order chi connectivity index (χ1) is 14.1. The van der Waals surface area contributed by atoms with E-state index < -0.39 is 0 Å². The van der Waals surface area contributed by atoms with Crippen LogP contribution in [-0.2, 0) is 20.9 Å². The number of aromatic nitrogens is 1. The third kappa shape index (κ3) is 7.85. The fourth-order valence-electron chi connectivity index (χ4n) is 2.50. The van der Waals surface area contributed by atoms with Crippen LogP contribution in [0.3, 0.4) is 0 Å². The number of esters is 1. The molecule has 0 fully saturated rings. The van der Waals surface area contributed by atoms with Gasteiger partial charge in [0, 0.05) is 31.6 Å². The molecule has 1 heterocycles. The van der Waals surface area contributed by atoms with E-state index in [0.717, 1.165) is 11.1 Å². The lowest BCUT2D eigenvalue weighted by Crippen LogP contribution is -2.31. The first kappa shape index (κ1) is 21.6. The van der Waals surface area contributed by atoms with Crippen LogP contribution < -0.4 is 4.74 Å². The number of nitriles is 1. The number of pyridine rings is 1. The Labute approximate surface area is 170 Å². The maximum absolute atomic E-state index is 12.7. The number of benzene rings is 1. The van der Waals surface area contributed by atoms with Gasteiger partial charge in [0.2, 0.25) is 5.91 Å². The van der Waals surface area contributed by atoms with Gasteiger partial charge in [0.1, 0.15) is 11.8 Å². The number of nitrogens with zero attached hydrogens (tertiary/aromatic N) is 3. The lowest BCUT2D eigenvalue weighted by atomic mass is 10.2. The minimum absolute atomic E-state index is 0.0164. The van der Waals surface area contributed by atoms with Crippen LogP contribution in [-0.4, -0.2) is 41.5 Å². The molecule has 0 unspecified atom stereocenters. The van der Waals surface area contributed by atoms with Gasteiger partial charge in [-0.3, -0.25) is 14.6 Å². The van der Waals surface area contributed by atoms with E-state index in [1.165, 1.54) is 6.08 Å². The summed E-state index contributed by atoms with van der Waals surface area (Å²) in [5.41, 5.74) is 1.69. The Kier molecular flexibility index (Phi) is 8.90. The molecular weight excluding hydrogens is 370 g/mol. The second-order valence-corrected chi connectivity index (χ2v) is 6.03. The molecule has 0 bridgehead atoms. The van der Waals surface area contributed by atoms with E-state index in [1.54, 1.807) is 60.6 Å². The number of hydrogen-bond acceptors (Lipinski definition) is 6. The molecule has 0 atom stereocenters. The van der Waals surface area contributed by atoms with Crippen LogP contribution in [0.25, 0.3) is 6.08 Å². The van der Waals surface area contributed by atoms with Crippen molar-refractivity contribution in [3.63, 3.8) is 0 Å². The normalized spacial score (nSPS) is 10.3. The maximum atomic E-state index is 12.7. The van der Waals surface area contributed by atoms with Crippen LogP contribution in [0.1, 0.15) is 24.5 Å². The first-order valence-electron chi connectivity index (χ1n) is 9.23. The number of carbonyl (C=O) groups excluding carboxylic acids is 2. The lowest BCUT2D eigenvalue weighted by molar-refractivity contribution is -0.143. The molecule has 7 heteroatoms. The molecule has 29 heavy (non-hydrogen) atoms. The molecule has 0 spiro atoms. The van der Waals surface area contributed by atoms with Crippen molar-refractivity contribution < 1.29 is 19.1 Å². The van der Waals surface area contributed by atoms with E-state index in [1.807, 2.05) is 12.1 Å². The zero-order valence-corrected chi connectivity index (χ0v) is 16.3. The van der Waals surface area contributed by atoms with Crippen molar-refractivity contribution in [1.82, 2.24) is 9.88 Å². The Hall–Kier alpha value is -3.66. The quantitative estimate of drug-likeness (QED) is 0.455. The predicted molar refractivity (Wildman–Crippen MR) is 107 cm³/mol. The summed E-state index contributed by atoms with van der Waals surface area (Å²) in [4.78, 5) is 30.0. The van der Waals surface area contributed by atoms with E-state index in [2.05, 4.69) is 4.98 Å². The topological polar surface area (TPSA) is 92.5 Å². The van der Waals surface area contributed by atoms with Gasteiger partial charge in [-0.05, 0) is 42.3 Å². The summed E-state index contributed by atoms with van der Waals surface area (Å²) < 4.78 is 10.2. The number of hydrogen-bond donors (Lipinski definition) is 0. The molecule has 0 aliphatic heterocycles. The molecule has 0 radical (unpaired) electrons. The number of ether oxygens (including phenoxy) is 2. The Bertz CT molecular complexity index is 858. The van der Waals surface area contributed by atoms with Crippen LogP contribution >= 0.6 is 0 Å². The number of rotatable bonds is 10. The SMILES string of the molecule is CCOC(=O)CCN(Cc1cccnc1)C(=O)/C=C/c1ccc(OCC#N)cc1. The summed E-state index contributed by atoms with van der Waals surface area (Å²) in [6.45, 7) is 2.63. The minimum atomic E-state index is -0.339. The van der Waals surface area contributed by atoms with E-state index in [9.17, 15) is 9.59 Å². The molecule has 1 aromatic carbocycles. The first-order valence-corrected chi connectivity index (χ1v) is 9.23. The standard InChI is InChI=1S/C22H23N3O4/c1-2-28-22(27)11-14-25(17-19-4-3-13-24-16-19)21(26)10-7-18-5-8-20(9-6-18)29-15-12-23/h3-10,13,16H,2,11,14-15,17H2,1H3/b10-7+. The zero-order chi connectivity index (χ0) is 20.9. The number of amides is 1. The Morgan fingerprint density at radius 2 is 2.03 bits per heavy atom. The van der Waals surface area contributed by atoms with Gasteiger partial charge < -0.3 is 14.4 Å². The molecule has 2 rings (SSSR count). The highest BCUT2D eigenvalue weighted by atomic mass is 16.5. The van der Waals surface area contributed by atoms with Crippen molar-refractivity contribution in [2.24, 2.45) is 0 Å². The van der Waals surface area contributed by atoms with Crippen LogP contribution in [0.15, 0.2) is 54.9 Å². The fraction of sp³-hybridized carbons (Fsp3) is 0.273. The van der Waals surface area contributed by atoms with Crippen molar-refractivity contribution >= 4 is 18.0 Å². The van der Waals surface area contributed by atoms with Gasteiger partial charge in [-0.15, -0.1) is 0 Å². The van der Waals surface area contributed by atoms with Crippen molar-refractivity contribution in [2.45, 2.75) is 19.9 Å². The van der Waals surface area contributed by atoms with E-state index in [4.69, 9.17) is 14.7 Å². The summed E-state index contributed by atoms with van der Waals surface area (Å²) in [7, 11) is 0.